The van der Waals surface area contributed by atoms with Crippen LogP contribution in [0.25, 0.3) is 6.08 Å². The predicted molar refractivity (Wildman–Crippen MR) is 68.0 cm³/mol. The van der Waals surface area contributed by atoms with Gasteiger partial charge in [0.15, 0.2) is 0 Å². The molecule has 1 N–H and O–H groups in total. The molecule has 4 heteroatoms. The molecule has 0 heterocycles. The van der Waals surface area contributed by atoms with Crippen molar-refractivity contribution in [3.05, 3.63) is 28.2 Å². The number of methoxy groups -OCH3 is 2. The quantitative estimate of drug-likeness (QED) is 0.905. The zero-order valence-corrected chi connectivity index (χ0v) is 11.0. The largest absolute Gasteiger partial charge is 0.497 e. The summed E-state index contributed by atoms with van der Waals surface area (Å²) in [5.41, 5.74) is 0.963. The van der Waals surface area contributed by atoms with E-state index in [-0.39, 0.29) is 6.61 Å². The Bertz CT molecular complexity index is 375. The summed E-state index contributed by atoms with van der Waals surface area (Å²) in [5.74, 6) is 1.46. The fourth-order valence-corrected chi connectivity index (χ4v) is 1.79. The van der Waals surface area contributed by atoms with Crippen LogP contribution in [0.5, 0.6) is 11.5 Å². The summed E-state index contributed by atoms with van der Waals surface area (Å²) in [6.45, 7) is 0.148. The van der Waals surface area contributed by atoms with Crippen molar-refractivity contribution in [1.29, 1.82) is 0 Å². The van der Waals surface area contributed by atoms with Crippen LogP contribution >= 0.6 is 15.9 Å². The highest BCUT2D eigenvalue weighted by molar-refractivity contribution is 9.10. The van der Waals surface area contributed by atoms with Gasteiger partial charge >= 0.3 is 0 Å². The SMILES string of the molecule is COc1cc(C=CCCO)c(Br)c(OC)c1. The van der Waals surface area contributed by atoms with E-state index in [1.165, 1.54) is 0 Å². The number of hydrogen-bond acceptors (Lipinski definition) is 3. The highest BCUT2D eigenvalue weighted by Gasteiger charge is 2.07. The summed E-state index contributed by atoms with van der Waals surface area (Å²) in [6.07, 6.45) is 4.45. The molecule has 0 saturated heterocycles. The summed E-state index contributed by atoms with van der Waals surface area (Å²) >= 11 is 3.46. The van der Waals surface area contributed by atoms with Crippen LogP contribution in [0, 0.1) is 0 Å². The fourth-order valence-electron chi connectivity index (χ4n) is 1.27. The number of rotatable bonds is 5. The van der Waals surface area contributed by atoms with Crippen molar-refractivity contribution in [3.63, 3.8) is 0 Å². The van der Waals surface area contributed by atoms with Crippen molar-refractivity contribution in [2.24, 2.45) is 0 Å². The molecule has 0 bridgehead atoms. The third kappa shape index (κ3) is 3.25. The first-order valence-corrected chi connectivity index (χ1v) is 5.71. The first-order valence-electron chi connectivity index (χ1n) is 4.91. The topological polar surface area (TPSA) is 38.7 Å². The van der Waals surface area contributed by atoms with Gasteiger partial charge in [0.05, 0.1) is 18.7 Å². The fraction of sp³-hybridized carbons (Fsp3) is 0.333. The molecule has 0 aliphatic carbocycles. The van der Waals surface area contributed by atoms with Crippen LogP contribution in [-0.2, 0) is 0 Å². The van der Waals surface area contributed by atoms with Crippen LogP contribution in [0.15, 0.2) is 22.7 Å². The van der Waals surface area contributed by atoms with Gasteiger partial charge in [0.1, 0.15) is 11.5 Å². The Balaban J connectivity index is 3.05. The molecule has 1 rings (SSSR count). The summed E-state index contributed by atoms with van der Waals surface area (Å²) in [6, 6.07) is 3.72. The monoisotopic (exact) mass is 286 g/mol. The minimum absolute atomic E-state index is 0.148. The van der Waals surface area contributed by atoms with Crippen molar-refractivity contribution >= 4 is 22.0 Å². The van der Waals surface area contributed by atoms with Gasteiger partial charge in [0.2, 0.25) is 0 Å². The standard InChI is InChI=1S/C12H15BrO3/c1-15-10-7-9(5-3-4-6-14)12(13)11(8-10)16-2/h3,5,7-8,14H,4,6H2,1-2H3. The Morgan fingerprint density at radius 3 is 2.62 bits per heavy atom. The average molecular weight is 287 g/mol. The summed E-state index contributed by atoms with van der Waals surface area (Å²) < 4.78 is 11.3. The van der Waals surface area contributed by atoms with E-state index in [1.807, 2.05) is 24.3 Å². The summed E-state index contributed by atoms with van der Waals surface area (Å²) in [4.78, 5) is 0. The molecule has 3 nitrogen and oxygen atoms in total. The van der Waals surface area contributed by atoms with Crippen LogP contribution in [-0.4, -0.2) is 25.9 Å². The van der Waals surface area contributed by atoms with Gasteiger partial charge in [-0.2, -0.15) is 0 Å². The van der Waals surface area contributed by atoms with Gasteiger partial charge in [-0.1, -0.05) is 12.2 Å². The van der Waals surface area contributed by atoms with Crippen molar-refractivity contribution in [1.82, 2.24) is 0 Å². The van der Waals surface area contributed by atoms with E-state index in [0.29, 0.717) is 6.42 Å². The normalized spacial score (nSPS) is 10.8. The lowest BCUT2D eigenvalue weighted by atomic mass is 10.1. The van der Waals surface area contributed by atoms with E-state index < -0.39 is 0 Å². The molecule has 0 radical (unpaired) electrons. The molecule has 1 aromatic rings. The van der Waals surface area contributed by atoms with Gasteiger partial charge in [-0.25, -0.2) is 0 Å². The van der Waals surface area contributed by atoms with Gasteiger partial charge < -0.3 is 14.6 Å². The number of ether oxygens (including phenoxy) is 2. The minimum atomic E-state index is 0.148. The molecule has 88 valence electrons. The predicted octanol–water partition coefficient (Wildman–Crippen LogP) is 2.86. The number of hydrogen-bond donors (Lipinski definition) is 1. The average Bonchev–Trinajstić information content (AvgIpc) is 2.31. The second-order valence-corrected chi connectivity index (χ2v) is 3.94. The van der Waals surface area contributed by atoms with Gasteiger partial charge in [-0.05, 0) is 34.0 Å². The first kappa shape index (κ1) is 13.1. The van der Waals surface area contributed by atoms with Crippen molar-refractivity contribution in [2.75, 3.05) is 20.8 Å². The minimum Gasteiger partial charge on any atom is -0.497 e. The smallest absolute Gasteiger partial charge is 0.137 e. The molecule has 0 amide bonds. The Morgan fingerprint density at radius 1 is 1.31 bits per heavy atom. The van der Waals surface area contributed by atoms with E-state index in [1.54, 1.807) is 14.2 Å². The van der Waals surface area contributed by atoms with Gasteiger partial charge in [0.25, 0.3) is 0 Å². The van der Waals surface area contributed by atoms with Gasteiger partial charge in [-0.3, -0.25) is 0 Å². The van der Waals surface area contributed by atoms with Crippen molar-refractivity contribution in [2.45, 2.75) is 6.42 Å². The zero-order chi connectivity index (χ0) is 12.0. The first-order chi connectivity index (χ1) is 7.72. The maximum absolute atomic E-state index is 8.70. The Morgan fingerprint density at radius 2 is 2.06 bits per heavy atom. The molecule has 0 saturated carbocycles. The summed E-state index contributed by atoms with van der Waals surface area (Å²) in [5, 5.41) is 8.70. The molecule has 0 fully saturated rings. The second-order valence-electron chi connectivity index (χ2n) is 3.15. The van der Waals surface area contributed by atoms with E-state index in [2.05, 4.69) is 15.9 Å². The highest BCUT2D eigenvalue weighted by Crippen LogP contribution is 2.34. The third-order valence-electron chi connectivity index (χ3n) is 2.09. The van der Waals surface area contributed by atoms with Crippen molar-refractivity contribution in [3.8, 4) is 11.5 Å². The summed E-state index contributed by atoms with van der Waals surface area (Å²) in [7, 11) is 3.23. The Labute approximate surface area is 104 Å². The number of halogens is 1. The molecule has 0 spiro atoms. The maximum Gasteiger partial charge on any atom is 0.137 e. The van der Waals surface area contributed by atoms with E-state index in [4.69, 9.17) is 14.6 Å². The van der Waals surface area contributed by atoms with Crippen LogP contribution in [0.3, 0.4) is 0 Å². The number of aliphatic hydroxyl groups excluding tert-OH is 1. The lowest BCUT2D eigenvalue weighted by Gasteiger charge is -2.09. The highest BCUT2D eigenvalue weighted by atomic mass is 79.9. The molecule has 0 unspecified atom stereocenters. The van der Waals surface area contributed by atoms with Crippen molar-refractivity contribution < 1.29 is 14.6 Å². The van der Waals surface area contributed by atoms with Gasteiger partial charge in [0, 0.05) is 12.7 Å². The van der Waals surface area contributed by atoms with Crippen LogP contribution < -0.4 is 9.47 Å². The maximum atomic E-state index is 8.70. The molecule has 0 aliphatic heterocycles. The molecule has 1 aromatic carbocycles. The molecule has 0 aliphatic rings. The Kier molecular flexibility index (Phi) is 5.35. The van der Waals surface area contributed by atoms with E-state index in [0.717, 1.165) is 21.5 Å². The number of aliphatic hydroxyl groups is 1. The molecular formula is C12H15BrO3. The lowest BCUT2D eigenvalue weighted by Crippen LogP contribution is -1.90. The van der Waals surface area contributed by atoms with E-state index in [9.17, 15) is 0 Å². The second kappa shape index (κ2) is 6.55. The molecule has 16 heavy (non-hydrogen) atoms. The lowest BCUT2D eigenvalue weighted by molar-refractivity contribution is 0.303. The Hall–Kier alpha value is -1.00. The van der Waals surface area contributed by atoms with Crippen LogP contribution in [0.2, 0.25) is 0 Å². The van der Waals surface area contributed by atoms with E-state index >= 15 is 0 Å². The third-order valence-corrected chi connectivity index (χ3v) is 2.94. The number of benzene rings is 1. The molecular weight excluding hydrogens is 272 g/mol. The molecule has 0 aromatic heterocycles. The molecule has 0 atom stereocenters. The zero-order valence-electron chi connectivity index (χ0n) is 9.37. The van der Waals surface area contributed by atoms with Gasteiger partial charge in [-0.15, -0.1) is 0 Å². The van der Waals surface area contributed by atoms with Crippen LogP contribution in [0.1, 0.15) is 12.0 Å². The van der Waals surface area contributed by atoms with Crippen LogP contribution in [0.4, 0.5) is 0 Å².